The molecular weight excluding hydrogens is 453 g/mol. The minimum Gasteiger partial charge on any atom is -0.346 e. The first-order valence-electron chi connectivity index (χ1n) is 9.51. The van der Waals surface area contributed by atoms with Crippen LogP contribution in [0.4, 0.5) is 24.8 Å². The summed E-state index contributed by atoms with van der Waals surface area (Å²) in [6.45, 7) is 1.22. The zero-order valence-electron chi connectivity index (χ0n) is 17.1. The highest BCUT2D eigenvalue weighted by Gasteiger charge is 2.49. The first-order valence-corrected chi connectivity index (χ1v) is 9.89. The standard InChI is InChI=1S/C19H20ClF3N6O3/c1-18(8-19(21,22)23)28-17(32)15(29(18)2)12(20)5-11(7-30)26-13-6-14(25-9-24-13)27-16(31)10-3-4-10/h5-7,9-10H,3-4,8H2,1-2H3,(H,28,32)(H2,24,25,26,27,31)/b11-5+,15-12+. The molecule has 1 aromatic heterocycles. The Morgan fingerprint density at radius 1 is 1.34 bits per heavy atom. The second-order valence-corrected chi connectivity index (χ2v) is 8.08. The summed E-state index contributed by atoms with van der Waals surface area (Å²) in [5, 5.41) is 7.33. The zero-order chi connectivity index (χ0) is 23.7. The number of carbonyl (C=O) groups is 3. The van der Waals surface area contributed by atoms with Gasteiger partial charge < -0.3 is 20.9 Å². The Kier molecular flexibility index (Phi) is 6.44. The van der Waals surface area contributed by atoms with Gasteiger partial charge in [-0.1, -0.05) is 11.6 Å². The van der Waals surface area contributed by atoms with Crippen LogP contribution in [-0.4, -0.2) is 51.9 Å². The predicted molar refractivity (Wildman–Crippen MR) is 109 cm³/mol. The van der Waals surface area contributed by atoms with Gasteiger partial charge in [0, 0.05) is 19.0 Å². The number of hydrogen-bond acceptors (Lipinski definition) is 7. The van der Waals surface area contributed by atoms with E-state index in [0.29, 0.717) is 6.29 Å². The van der Waals surface area contributed by atoms with E-state index in [2.05, 4.69) is 25.9 Å². The molecule has 1 aliphatic carbocycles. The number of rotatable bonds is 7. The molecule has 3 N–H and O–H groups in total. The zero-order valence-corrected chi connectivity index (χ0v) is 17.8. The van der Waals surface area contributed by atoms with Gasteiger partial charge in [0.2, 0.25) is 5.91 Å². The van der Waals surface area contributed by atoms with Gasteiger partial charge in [-0.15, -0.1) is 0 Å². The Bertz CT molecular complexity index is 1010. The highest BCUT2D eigenvalue weighted by molar-refractivity contribution is 6.33. The van der Waals surface area contributed by atoms with Crippen molar-refractivity contribution >= 4 is 41.3 Å². The fourth-order valence-corrected chi connectivity index (χ4v) is 3.46. The van der Waals surface area contributed by atoms with Crippen molar-refractivity contribution in [3.63, 3.8) is 0 Å². The third kappa shape index (κ3) is 5.55. The quantitative estimate of drug-likeness (QED) is 0.412. The van der Waals surface area contributed by atoms with Gasteiger partial charge in [0.05, 0.1) is 17.2 Å². The molecule has 2 amide bonds. The van der Waals surface area contributed by atoms with Gasteiger partial charge in [0.1, 0.15) is 29.3 Å². The molecule has 2 aliphatic rings. The number of likely N-dealkylation sites (N-methyl/N-ethyl adjacent to an activating group) is 1. The van der Waals surface area contributed by atoms with E-state index in [4.69, 9.17) is 11.6 Å². The average Bonchev–Trinajstić information content (AvgIpc) is 3.48. The molecule has 1 aliphatic heterocycles. The van der Waals surface area contributed by atoms with Crippen LogP contribution in [0, 0.1) is 5.92 Å². The molecule has 2 heterocycles. The van der Waals surface area contributed by atoms with Crippen molar-refractivity contribution in [2.45, 2.75) is 38.0 Å². The van der Waals surface area contributed by atoms with Gasteiger partial charge in [-0.3, -0.25) is 14.4 Å². The molecule has 1 aromatic rings. The van der Waals surface area contributed by atoms with E-state index < -0.39 is 24.2 Å². The van der Waals surface area contributed by atoms with Crippen LogP contribution >= 0.6 is 11.6 Å². The van der Waals surface area contributed by atoms with Gasteiger partial charge in [0.15, 0.2) is 6.29 Å². The first kappa shape index (κ1) is 23.5. The summed E-state index contributed by atoms with van der Waals surface area (Å²) in [6.07, 6.45) is -1.51. The molecular formula is C19H20ClF3N6O3. The topological polar surface area (TPSA) is 116 Å². The van der Waals surface area contributed by atoms with Gasteiger partial charge in [0.25, 0.3) is 5.91 Å². The summed E-state index contributed by atoms with van der Waals surface area (Å²) < 4.78 is 38.7. The SMILES string of the molecule is CN1/C(=C(Cl)\C=C(/C=O)Nc2cc(NC(=O)C3CC3)ncn2)C(=O)NC1(C)CC(F)(F)F. The summed E-state index contributed by atoms with van der Waals surface area (Å²) in [4.78, 5) is 44.6. The van der Waals surface area contributed by atoms with Crippen LogP contribution in [0.3, 0.4) is 0 Å². The number of aldehydes is 1. The second-order valence-electron chi connectivity index (χ2n) is 7.67. The number of hydrogen-bond donors (Lipinski definition) is 3. The number of amides is 2. The molecule has 32 heavy (non-hydrogen) atoms. The Morgan fingerprint density at radius 2 is 1.97 bits per heavy atom. The monoisotopic (exact) mass is 472 g/mol. The van der Waals surface area contributed by atoms with Crippen LogP contribution in [0.25, 0.3) is 0 Å². The van der Waals surface area contributed by atoms with Gasteiger partial charge in [-0.2, -0.15) is 13.2 Å². The van der Waals surface area contributed by atoms with Crippen molar-refractivity contribution in [1.82, 2.24) is 20.2 Å². The predicted octanol–water partition coefficient (Wildman–Crippen LogP) is 2.50. The molecule has 1 atom stereocenters. The normalized spacial score (nSPS) is 23.0. The largest absolute Gasteiger partial charge is 0.393 e. The third-order valence-corrected chi connectivity index (χ3v) is 5.28. The van der Waals surface area contributed by atoms with Crippen LogP contribution in [-0.2, 0) is 14.4 Å². The maximum atomic E-state index is 12.9. The average molecular weight is 473 g/mol. The van der Waals surface area contributed by atoms with Gasteiger partial charge in [-0.05, 0) is 25.8 Å². The lowest BCUT2D eigenvalue weighted by atomic mass is 10.1. The second kappa shape index (κ2) is 8.77. The highest BCUT2D eigenvalue weighted by Crippen LogP contribution is 2.36. The van der Waals surface area contributed by atoms with E-state index >= 15 is 0 Å². The number of alkyl halides is 3. The molecule has 1 unspecified atom stereocenters. The number of halogens is 4. The molecule has 1 saturated carbocycles. The van der Waals surface area contributed by atoms with Crippen LogP contribution in [0.2, 0.25) is 0 Å². The lowest BCUT2D eigenvalue weighted by Crippen LogP contribution is -2.50. The fourth-order valence-electron chi connectivity index (χ4n) is 3.13. The Labute approximate surface area is 186 Å². The molecule has 0 bridgehead atoms. The molecule has 172 valence electrons. The molecule has 0 aromatic carbocycles. The summed E-state index contributed by atoms with van der Waals surface area (Å²) in [5.74, 6) is -0.615. The van der Waals surface area contributed by atoms with Crippen LogP contribution in [0.15, 0.2) is 34.9 Å². The molecule has 0 radical (unpaired) electrons. The maximum absolute atomic E-state index is 12.9. The summed E-state index contributed by atoms with van der Waals surface area (Å²) in [7, 11) is 1.29. The molecule has 1 saturated heterocycles. The van der Waals surface area contributed by atoms with E-state index in [0.717, 1.165) is 23.8 Å². The summed E-state index contributed by atoms with van der Waals surface area (Å²) in [5.41, 5.74) is -2.07. The number of nitrogens with one attached hydrogen (secondary N) is 3. The van der Waals surface area contributed by atoms with Crippen molar-refractivity contribution in [3.8, 4) is 0 Å². The number of aromatic nitrogens is 2. The smallest absolute Gasteiger partial charge is 0.346 e. The van der Waals surface area contributed by atoms with Crippen LogP contribution in [0.1, 0.15) is 26.2 Å². The Morgan fingerprint density at radius 3 is 2.53 bits per heavy atom. The van der Waals surface area contributed by atoms with Crippen LogP contribution in [0.5, 0.6) is 0 Å². The number of anilines is 2. The van der Waals surface area contributed by atoms with Crippen molar-refractivity contribution in [2.75, 3.05) is 17.7 Å². The minimum absolute atomic E-state index is 0.0326. The van der Waals surface area contributed by atoms with Crippen molar-refractivity contribution in [2.24, 2.45) is 5.92 Å². The minimum atomic E-state index is -4.52. The molecule has 2 fully saturated rings. The van der Waals surface area contributed by atoms with Crippen molar-refractivity contribution < 1.29 is 27.6 Å². The van der Waals surface area contributed by atoms with Crippen molar-refractivity contribution in [1.29, 1.82) is 0 Å². The third-order valence-electron chi connectivity index (χ3n) is 4.99. The van der Waals surface area contributed by atoms with E-state index in [9.17, 15) is 27.6 Å². The highest BCUT2D eigenvalue weighted by atomic mass is 35.5. The number of carbonyl (C=O) groups excluding carboxylic acids is 3. The molecule has 0 spiro atoms. The lowest BCUT2D eigenvalue weighted by Gasteiger charge is -2.33. The van der Waals surface area contributed by atoms with E-state index in [-0.39, 0.29) is 39.9 Å². The first-order chi connectivity index (χ1) is 14.9. The van der Waals surface area contributed by atoms with Crippen LogP contribution < -0.4 is 16.0 Å². The maximum Gasteiger partial charge on any atom is 0.393 e. The fraction of sp³-hybridized carbons (Fsp3) is 0.421. The number of allylic oxidation sites excluding steroid dienone is 3. The Balaban J connectivity index is 1.79. The molecule has 9 nitrogen and oxygen atoms in total. The molecule has 3 rings (SSSR count). The van der Waals surface area contributed by atoms with E-state index in [1.807, 2.05) is 0 Å². The van der Waals surface area contributed by atoms with Crippen molar-refractivity contribution in [3.05, 3.63) is 34.9 Å². The van der Waals surface area contributed by atoms with E-state index in [1.54, 1.807) is 0 Å². The number of nitrogens with zero attached hydrogens (tertiary/aromatic N) is 3. The summed E-state index contributed by atoms with van der Waals surface area (Å²) >= 11 is 6.19. The van der Waals surface area contributed by atoms with E-state index in [1.165, 1.54) is 26.4 Å². The van der Waals surface area contributed by atoms with Gasteiger partial charge in [-0.25, -0.2) is 9.97 Å². The van der Waals surface area contributed by atoms with Gasteiger partial charge >= 0.3 is 6.18 Å². The summed E-state index contributed by atoms with van der Waals surface area (Å²) in [6, 6.07) is 1.40. The lowest BCUT2D eigenvalue weighted by molar-refractivity contribution is -0.158. The Hall–Kier alpha value is -3.15. The molecule has 13 heteroatoms.